The van der Waals surface area contributed by atoms with E-state index < -0.39 is 6.04 Å². The molecule has 4 nitrogen and oxygen atoms in total. The topological polar surface area (TPSA) is 68.0 Å². The Labute approximate surface area is 93.9 Å². The van der Waals surface area contributed by atoms with Crippen LogP contribution in [0.25, 0.3) is 0 Å². The fourth-order valence-electron chi connectivity index (χ4n) is 1.17. The molecule has 0 saturated heterocycles. The molecule has 1 unspecified atom stereocenters. The maximum absolute atomic E-state index is 11.6. The Morgan fingerprint density at radius 3 is 2.73 bits per heavy atom. The average Bonchev–Trinajstić information content (AvgIpc) is 2.46. The van der Waals surface area contributed by atoms with Gasteiger partial charge in [-0.1, -0.05) is 13.3 Å². The van der Waals surface area contributed by atoms with E-state index in [0.717, 1.165) is 17.0 Å². The summed E-state index contributed by atoms with van der Waals surface area (Å²) in [6.45, 7) is 5.91. The van der Waals surface area contributed by atoms with Gasteiger partial charge in [0.2, 0.25) is 5.91 Å². The number of anilines is 1. The summed E-state index contributed by atoms with van der Waals surface area (Å²) < 4.78 is 0. The van der Waals surface area contributed by atoms with E-state index in [4.69, 9.17) is 5.73 Å². The number of aryl methyl sites for hydroxylation is 2. The molecule has 15 heavy (non-hydrogen) atoms. The SMILES string of the molecule is CCCC(N)C(=O)Nc1nc(C)c(C)s1. The molecule has 0 aromatic carbocycles. The number of nitrogens with zero attached hydrogens (tertiary/aromatic N) is 1. The zero-order valence-electron chi connectivity index (χ0n) is 9.33. The second kappa shape index (κ2) is 5.23. The highest BCUT2D eigenvalue weighted by molar-refractivity contribution is 7.15. The predicted octanol–water partition coefficient (Wildman–Crippen LogP) is 1.83. The third kappa shape index (κ3) is 3.28. The minimum Gasteiger partial charge on any atom is -0.320 e. The molecule has 0 bridgehead atoms. The summed E-state index contributed by atoms with van der Waals surface area (Å²) in [6, 6.07) is -0.431. The smallest absolute Gasteiger partial charge is 0.243 e. The molecule has 1 rings (SSSR count). The van der Waals surface area contributed by atoms with Crippen molar-refractivity contribution in [2.75, 3.05) is 5.32 Å². The van der Waals surface area contributed by atoms with E-state index in [9.17, 15) is 4.79 Å². The molecule has 1 heterocycles. The van der Waals surface area contributed by atoms with Crippen LogP contribution in [0.2, 0.25) is 0 Å². The molecule has 1 amide bonds. The van der Waals surface area contributed by atoms with Gasteiger partial charge >= 0.3 is 0 Å². The third-order valence-corrected chi connectivity index (χ3v) is 3.18. The first-order valence-electron chi connectivity index (χ1n) is 5.05. The van der Waals surface area contributed by atoms with Crippen molar-refractivity contribution in [3.63, 3.8) is 0 Å². The van der Waals surface area contributed by atoms with Crippen molar-refractivity contribution in [3.05, 3.63) is 10.6 Å². The van der Waals surface area contributed by atoms with Crippen LogP contribution in [0.5, 0.6) is 0 Å². The lowest BCUT2D eigenvalue weighted by atomic mass is 10.2. The van der Waals surface area contributed by atoms with Crippen molar-refractivity contribution in [1.82, 2.24) is 4.98 Å². The zero-order chi connectivity index (χ0) is 11.4. The van der Waals surface area contributed by atoms with Gasteiger partial charge in [-0.25, -0.2) is 4.98 Å². The zero-order valence-corrected chi connectivity index (χ0v) is 10.1. The number of nitrogens with two attached hydrogens (primary N) is 1. The maximum atomic E-state index is 11.6. The van der Waals surface area contributed by atoms with Crippen molar-refractivity contribution in [3.8, 4) is 0 Å². The lowest BCUT2D eigenvalue weighted by Crippen LogP contribution is -2.35. The van der Waals surface area contributed by atoms with Crippen LogP contribution in [-0.4, -0.2) is 16.9 Å². The molecule has 0 aliphatic carbocycles. The standard InChI is InChI=1S/C10H17N3OS/c1-4-5-8(11)9(14)13-10-12-6(2)7(3)15-10/h8H,4-5,11H2,1-3H3,(H,12,13,14). The quantitative estimate of drug-likeness (QED) is 0.824. The third-order valence-electron chi connectivity index (χ3n) is 2.20. The minimum atomic E-state index is -0.431. The van der Waals surface area contributed by atoms with Gasteiger partial charge in [0.25, 0.3) is 0 Å². The van der Waals surface area contributed by atoms with Crippen LogP contribution in [0.1, 0.15) is 30.3 Å². The number of rotatable bonds is 4. The molecule has 84 valence electrons. The van der Waals surface area contributed by atoms with Crippen LogP contribution in [0.4, 0.5) is 5.13 Å². The van der Waals surface area contributed by atoms with Crippen LogP contribution in [-0.2, 0) is 4.79 Å². The van der Waals surface area contributed by atoms with Gasteiger partial charge < -0.3 is 11.1 Å². The Bertz CT molecular complexity index is 329. The van der Waals surface area contributed by atoms with E-state index in [1.54, 1.807) is 0 Å². The molecule has 1 aromatic rings. The largest absolute Gasteiger partial charge is 0.320 e. The molecule has 0 radical (unpaired) electrons. The highest BCUT2D eigenvalue weighted by Gasteiger charge is 2.14. The monoisotopic (exact) mass is 227 g/mol. The molecule has 0 spiro atoms. The molecule has 3 N–H and O–H groups in total. The second-order valence-corrected chi connectivity index (χ2v) is 4.75. The summed E-state index contributed by atoms with van der Waals surface area (Å²) >= 11 is 1.48. The number of hydrogen-bond acceptors (Lipinski definition) is 4. The minimum absolute atomic E-state index is 0.148. The van der Waals surface area contributed by atoms with E-state index in [1.165, 1.54) is 11.3 Å². The van der Waals surface area contributed by atoms with Gasteiger partial charge in [-0.3, -0.25) is 4.79 Å². The number of aromatic nitrogens is 1. The van der Waals surface area contributed by atoms with Crippen LogP contribution in [0, 0.1) is 13.8 Å². The first-order valence-corrected chi connectivity index (χ1v) is 5.86. The van der Waals surface area contributed by atoms with E-state index in [-0.39, 0.29) is 5.91 Å². The number of thiazole rings is 1. The molecular weight excluding hydrogens is 210 g/mol. The molecule has 0 aliphatic heterocycles. The molecule has 1 atom stereocenters. The average molecular weight is 227 g/mol. The highest BCUT2D eigenvalue weighted by atomic mass is 32.1. The first-order chi connectivity index (χ1) is 7.04. The van der Waals surface area contributed by atoms with Gasteiger partial charge in [0.1, 0.15) is 0 Å². The fourth-order valence-corrected chi connectivity index (χ4v) is 1.98. The van der Waals surface area contributed by atoms with Crippen LogP contribution >= 0.6 is 11.3 Å². The van der Waals surface area contributed by atoms with Crippen LogP contribution < -0.4 is 11.1 Å². The highest BCUT2D eigenvalue weighted by Crippen LogP contribution is 2.21. The number of carbonyl (C=O) groups is 1. The lowest BCUT2D eigenvalue weighted by Gasteiger charge is -2.08. The summed E-state index contributed by atoms with van der Waals surface area (Å²) in [4.78, 5) is 16.9. The molecule has 0 fully saturated rings. The second-order valence-electron chi connectivity index (χ2n) is 3.55. The Balaban J connectivity index is 2.58. The molecule has 0 aliphatic rings. The molecular formula is C10H17N3OS. The Morgan fingerprint density at radius 2 is 2.27 bits per heavy atom. The Hall–Kier alpha value is -0.940. The van der Waals surface area contributed by atoms with Gasteiger partial charge in [0, 0.05) is 4.88 Å². The van der Waals surface area contributed by atoms with Gasteiger partial charge in [-0.15, -0.1) is 11.3 Å². The van der Waals surface area contributed by atoms with Crippen molar-refractivity contribution >= 4 is 22.4 Å². The van der Waals surface area contributed by atoms with E-state index >= 15 is 0 Å². The first kappa shape index (κ1) is 12.1. The van der Waals surface area contributed by atoms with Gasteiger partial charge in [0.15, 0.2) is 5.13 Å². The van der Waals surface area contributed by atoms with Gasteiger partial charge in [-0.05, 0) is 20.3 Å². The summed E-state index contributed by atoms with van der Waals surface area (Å²) in [5.74, 6) is -0.148. The van der Waals surface area contributed by atoms with Crippen LogP contribution in [0.15, 0.2) is 0 Å². The van der Waals surface area contributed by atoms with Crippen molar-refractivity contribution in [1.29, 1.82) is 0 Å². The number of nitrogens with one attached hydrogen (secondary N) is 1. The van der Waals surface area contributed by atoms with Crippen LogP contribution in [0.3, 0.4) is 0 Å². The predicted molar refractivity (Wildman–Crippen MR) is 63.1 cm³/mol. The lowest BCUT2D eigenvalue weighted by molar-refractivity contribution is -0.117. The molecule has 1 aromatic heterocycles. The number of amides is 1. The van der Waals surface area contributed by atoms with Gasteiger partial charge in [0.05, 0.1) is 11.7 Å². The number of hydrogen-bond donors (Lipinski definition) is 2. The Kier molecular flexibility index (Phi) is 4.23. The number of carbonyl (C=O) groups excluding carboxylic acids is 1. The fraction of sp³-hybridized carbons (Fsp3) is 0.600. The summed E-state index contributed by atoms with van der Waals surface area (Å²) in [6.07, 6.45) is 1.61. The summed E-state index contributed by atoms with van der Waals surface area (Å²) in [5.41, 5.74) is 6.64. The summed E-state index contributed by atoms with van der Waals surface area (Å²) in [7, 11) is 0. The van der Waals surface area contributed by atoms with Gasteiger partial charge in [-0.2, -0.15) is 0 Å². The van der Waals surface area contributed by atoms with E-state index in [2.05, 4.69) is 10.3 Å². The molecule has 0 saturated carbocycles. The van der Waals surface area contributed by atoms with Crippen molar-refractivity contribution in [2.24, 2.45) is 5.73 Å². The van der Waals surface area contributed by atoms with Crippen molar-refractivity contribution in [2.45, 2.75) is 39.7 Å². The maximum Gasteiger partial charge on any atom is 0.243 e. The summed E-state index contributed by atoms with van der Waals surface area (Å²) in [5, 5.41) is 3.37. The molecule has 5 heteroatoms. The normalized spacial score (nSPS) is 12.5. The van der Waals surface area contributed by atoms with E-state index in [0.29, 0.717) is 11.6 Å². The Morgan fingerprint density at radius 1 is 1.60 bits per heavy atom. The van der Waals surface area contributed by atoms with Crippen molar-refractivity contribution < 1.29 is 4.79 Å². The van der Waals surface area contributed by atoms with E-state index in [1.807, 2.05) is 20.8 Å².